The van der Waals surface area contributed by atoms with Gasteiger partial charge >= 0.3 is 0 Å². The Morgan fingerprint density at radius 3 is 2.81 bits per heavy atom. The molecule has 7 nitrogen and oxygen atoms in total. The molecule has 0 spiro atoms. The molecule has 3 aromatic rings. The number of aliphatic hydroxyl groups is 2. The van der Waals surface area contributed by atoms with Crippen LogP contribution in [0.1, 0.15) is 25.1 Å². The van der Waals surface area contributed by atoms with E-state index in [1.165, 1.54) is 5.56 Å². The third-order valence-corrected chi connectivity index (χ3v) is 4.94. The van der Waals surface area contributed by atoms with Gasteiger partial charge in [-0.1, -0.05) is 30.3 Å². The summed E-state index contributed by atoms with van der Waals surface area (Å²) < 4.78 is 7.56. The Morgan fingerprint density at radius 2 is 2.07 bits per heavy atom. The number of rotatable bonds is 6. The van der Waals surface area contributed by atoms with Gasteiger partial charge in [-0.05, 0) is 25.0 Å². The predicted octanol–water partition coefficient (Wildman–Crippen LogP) is 2.12. The molecule has 4 rings (SSSR count). The third-order valence-electron chi connectivity index (χ3n) is 4.94. The van der Waals surface area contributed by atoms with Crippen molar-refractivity contribution in [3.8, 4) is 0 Å². The van der Waals surface area contributed by atoms with Gasteiger partial charge in [-0.15, -0.1) is 0 Å². The fourth-order valence-electron chi connectivity index (χ4n) is 3.60. The number of hydrogen-bond donors (Lipinski definition) is 3. The molecule has 2 aromatic heterocycles. The highest BCUT2D eigenvalue weighted by Gasteiger charge is 2.35. The summed E-state index contributed by atoms with van der Waals surface area (Å²) in [4.78, 5) is 8.96. The molecule has 1 saturated heterocycles. The number of ether oxygens (including phenoxy) is 1. The number of nitrogens with one attached hydrogen (secondary N) is 1. The maximum atomic E-state index is 9.99. The van der Waals surface area contributed by atoms with E-state index in [1.54, 1.807) is 12.5 Å². The van der Waals surface area contributed by atoms with Crippen molar-refractivity contribution in [2.24, 2.45) is 0 Å². The van der Waals surface area contributed by atoms with Crippen LogP contribution in [-0.4, -0.2) is 49.6 Å². The fraction of sp³-hybridized carbons (Fsp3) is 0.400. The number of anilines is 1. The molecule has 142 valence electrons. The smallest absolute Gasteiger partial charge is 0.164 e. The van der Waals surface area contributed by atoms with Crippen LogP contribution in [0.25, 0.3) is 11.2 Å². The molecule has 1 aromatic carbocycles. The number of fused-ring (bicyclic) bond motifs is 1. The first-order valence-electron chi connectivity index (χ1n) is 9.22. The summed E-state index contributed by atoms with van der Waals surface area (Å²) >= 11 is 0. The summed E-state index contributed by atoms with van der Waals surface area (Å²) in [5.41, 5.74) is 3.65. The number of pyridine rings is 1. The molecule has 0 radical (unpaired) electrons. The standard InChI is InChI=1S/C20H24N4O3/c1-13(9-14-5-3-2-4-6-14)23-15-7-8-21-20-19(15)22-12-24(20)18-10-16(26)17(11-25)27-18/h2-8,12-13,16-18,25-26H,9-11H2,1H3,(H,21,23)/t13?,16-,17+,18+/m0/s1. The van der Waals surface area contributed by atoms with Crippen LogP contribution in [0.2, 0.25) is 0 Å². The average molecular weight is 368 g/mol. The zero-order valence-electron chi connectivity index (χ0n) is 15.2. The summed E-state index contributed by atoms with van der Waals surface area (Å²) in [5, 5.41) is 22.8. The van der Waals surface area contributed by atoms with Gasteiger partial charge in [0, 0.05) is 18.7 Å². The maximum absolute atomic E-state index is 9.99. The number of nitrogens with zero attached hydrogens (tertiary/aromatic N) is 3. The van der Waals surface area contributed by atoms with Crippen LogP contribution in [0.4, 0.5) is 5.69 Å². The lowest BCUT2D eigenvalue weighted by Gasteiger charge is -2.16. The Labute approximate surface area is 157 Å². The van der Waals surface area contributed by atoms with E-state index in [2.05, 4.69) is 34.3 Å². The summed E-state index contributed by atoms with van der Waals surface area (Å²) in [6, 6.07) is 12.5. The van der Waals surface area contributed by atoms with Gasteiger partial charge in [0.05, 0.1) is 24.7 Å². The van der Waals surface area contributed by atoms with Crippen LogP contribution in [-0.2, 0) is 11.2 Å². The normalized spacial score (nSPS) is 23.6. The molecule has 1 aliphatic rings. The molecule has 0 bridgehead atoms. The highest BCUT2D eigenvalue weighted by Crippen LogP contribution is 2.32. The SMILES string of the molecule is CC(Cc1ccccc1)Nc1ccnc2c1ncn2[C@H]1C[C@H](O)[C@@H](CO)O1. The van der Waals surface area contributed by atoms with E-state index in [1.807, 2.05) is 28.8 Å². The van der Waals surface area contributed by atoms with E-state index >= 15 is 0 Å². The van der Waals surface area contributed by atoms with Gasteiger partial charge in [-0.25, -0.2) is 9.97 Å². The van der Waals surface area contributed by atoms with Crippen LogP contribution < -0.4 is 5.32 Å². The summed E-state index contributed by atoms with van der Waals surface area (Å²) in [7, 11) is 0. The van der Waals surface area contributed by atoms with E-state index in [-0.39, 0.29) is 18.9 Å². The molecule has 0 aliphatic carbocycles. The molecule has 0 saturated carbocycles. The quantitative estimate of drug-likeness (QED) is 0.617. The Bertz CT molecular complexity index is 899. The van der Waals surface area contributed by atoms with Crippen LogP contribution in [0.15, 0.2) is 48.9 Å². The number of hydrogen-bond acceptors (Lipinski definition) is 6. The Kier molecular flexibility index (Phi) is 5.07. The van der Waals surface area contributed by atoms with Crippen molar-refractivity contribution in [2.75, 3.05) is 11.9 Å². The number of benzene rings is 1. The first-order chi connectivity index (χ1) is 13.2. The molecule has 0 amide bonds. The minimum absolute atomic E-state index is 0.207. The number of aromatic nitrogens is 3. The van der Waals surface area contributed by atoms with Crippen LogP contribution >= 0.6 is 0 Å². The first kappa shape index (κ1) is 17.9. The molecule has 1 aliphatic heterocycles. The first-order valence-corrected chi connectivity index (χ1v) is 9.22. The number of imidazole rings is 1. The van der Waals surface area contributed by atoms with Crippen molar-refractivity contribution >= 4 is 16.9 Å². The van der Waals surface area contributed by atoms with Crippen molar-refractivity contribution < 1.29 is 14.9 Å². The molecule has 1 unspecified atom stereocenters. The summed E-state index contributed by atoms with van der Waals surface area (Å²) in [6.07, 6.45) is 3.09. The highest BCUT2D eigenvalue weighted by molar-refractivity contribution is 5.85. The largest absolute Gasteiger partial charge is 0.394 e. The van der Waals surface area contributed by atoms with Gasteiger partial charge in [-0.3, -0.25) is 4.57 Å². The van der Waals surface area contributed by atoms with E-state index in [4.69, 9.17) is 4.74 Å². The van der Waals surface area contributed by atoms with Crippen molar-refractivity contribution in [1.29, 1.82) is 0 Å². The third kappa shape index (κ3) is 3.66. The van der Waals surface area contributed by atoms with Gasteiger partial charge in [0.2, 0.25) is 0 Å². The highest BCUT2D eigenvalue weighted by atomic mass is 16.5. The zero-order valence-corrected chi connectivity index (χ0v) is 15.2. The van der Waals surface area contributed by atoms with Crippen LogP contribution in [0, 0.1) is 0 Å². The van der Waals surface area contributed by atoms with Crippen molar-refractivity contribution in [3.63, 3.8) is 0 Å². The van der Waals surface area contributed by atoms with E-state index in [0.717, 1.165) is 17.6 Å². The van der Waals surface area contributed by atoms with Crippen molar-refractivity contribution in [3.05, 3.63) is 54.5 Å². The maximum Gasteiger partial charge on any atom is 0.164 e. The Morgan fingerprint density at radius 1 is 1.26 bits per heavy atom. The minimum atomic E-state index is -0.690. The second kappa shape index (κ2) is 7.64. The summed E-state index contributed by atoms with van der Waals surface area (Å²) in [5.74, 6) is 0. The predicted molar refractivity (Wildman–Crippen MR) is 102 cm³/mol. The van der Waals surface area contributed by atoms with Crippen molar-refractivity contribution in [2.45, 2.75) is 44.2 Å². The van der Waals surface area contributed by atoms with Gasteiger partial charge in [-0.2, -0.15) is 0 Å². The fourth-order valence-corrected chi connectivity index (χ4v) is 3.60. The molecular weight excluding hydrogens is 344 g/mol. The molecule has 3 N–H and O–H groups in total. The molecule has 4 atom stereocenters. The molecule has 27 heavy (non-hydrogen) atoms. The van der Waals surface area contributed by atoms with Gasteiger partial charge in [0.25, 0.3) is 0 Å². The molecule has 7 heteroatoms. The number of aliphatic hydroxyl groups excluding tert-OH is 2. The van der Waals surface area contributed by atoms with Gasteiger partial charge in [0.1, 0.15) is 17.8 Å². The minimum Gasteiger partial charge on any atom is -0.394 e. The second-order valence-electron chi connectivity index (χ2n) is 7.03. The molecule has 1 fully saturated rings. The zero-order chi connectivity index (χ0) is 18.8. The Balaban J connectivity index is 1.54. The lowest BCUT2D eigenvalue weighted by molar-refractivity contribution is -0.0432. The Hall–Kier alpha value is -2.48. The van der Waals surface area contributed by atoms with Gasteiger partial charge in [0.15, 0.2) is 5.65 Å². The second-order valence-corrected chi connectivity index (χ2v) is 7.03. The summed E-state index contributed by atoms with van der Waals surface area (Å²) in [6.45, 7) is 1.93. The van der Waals surface area contributed by atoms with E-state index in [0.29, 0.717) is 12.1 Å². The average Bonchev–Trinajstić information content (AvgIpc) is 3.26. The monoisotopic (exact) mass is 368 g/mol. The molecule has 3 heterocycles. The lowest BCUT2D eigenvalue weighted by Crippen LogP contribution is -2.24. The van der Waals surface area contributed by atoms with Gasteiger partial charge < -0.3 is 20.3 Å². The molecular formula is C20H24N4O3. The van der Waals surface area contributed by atoms with Crippen LogP contribution in [0.3, 0.4) is 0 Å². The topological polar surface area (TPSA) is 92.4 Å². The van der Waals surface area contributed by atoms with E-state index in [9.17, 15) is 10.2 Å². The van der Waals surface area contributed by atoms with Crippen molar-refractivity contribution in [1.82, 2.24) is 14.5 Å². The van der Waals surface area contributed by atoms with Crippen LogP contribution in [0.5, 0.6) is 0 Å². The van der Waals surface area contributed by atoms with E-state index < -0.39 is 12.2 Å². The lowest BCUT2D eigenvalue weighted by atomic mass is 10.1.